The van der Waals surface area contributed by atoms with Gasteiger partial charge in [-0.1, -0.05) is 12.1 Å². The molecule has 0 fully saturated rings. The number of hydrogen-bond acceptors (Lipinski definition) is 4. The number of hydrogen-bond donors (Lipinski definition) is 2. The second-order valence-electron chi connectivity index (χ2n) is 4.63. The summed E-state index contributed by atoms with van der Waals surface area (Å²) in [5.41, 5.74) is 0.692. The van der Waals surface area contributed by atoms with Gasteiger partial charge < -0.3 is 10.1 Å². The topological polar surface area (TPSA) is 84.5 Å². The van der Waals surface area contributed by atoms with E-state index >= 15 is 0 Å². The van der Waals surface area contributed by atoms with Crippen LogP contribution < -0.4 is 14.8 Å². The SMILES string of the molecule is COc1ccc(NC(C)=O)cc1NS(=O)(=O)c1ccccc1Br. The van der Waals surface area contributed by atoms with E-state index in [2.05, 4.69) is 26.0 Å². The van der Waals surface area contributed by atoms with Crippen LogP contribution in [-0.4, -0.2) is 21.4 Å². The standard InChI is InChI=1S/C15H15BrN2O4S/c1-10(19)17-11-7-8-14(22-2)13(9-11)18-23(20,21)15-6-4-3-5-12(15)16/h3-9,18H,1-2H3,(H,17,19). The number of nitrogens with one attached hydrogen (secondary N) is 2. The van der Waals surface area contributed by atoms with Gasteiger partial charge in [0.05, 0.1) is 12.8 Å². The largest absolute Gasteiger partial charge is 0.495 e. The van der Waals surface area contributed by atoms with E-state index < -0.39 is 10.0 Å². The third-order valence-corrected chi connectivity index (χ3v) is 5.27. The lowest BCUT2D eigenvalue weighted by atomic mass is 10.2. The van der Waals surface area contributed by atoms with Crippen LogP contribution in [0.5, 0.6) is 5.75 Å². The first-order chi connectivity index (χ1) is 10.8. The van der Waals surface area contributed by atoms with Gasteiger partial charge >= 0.3 is 0 Å². The van der Waals surface area contributed by atoms with Crippen LogP contribution in [0.3, 0.4) is 0 Å². The molecule has 0 bridgehead atoms. The summed E-state index contributed by atoms with van der Waals surface area (Å²) in [5.74, 6) is 0.0875. The van der Waals surface area contributed by atoms with Crippen molar-refractivity contribution in [2.75, 3.05) is 17.1 Å². The minimum absolute atomic E-state index is 0.104. The number of carbonyl (C=O) groups excluding carboxylic acids is 1. The highest BCUT2D eigenvalue weighted by atomic mass is 79.9. The van der Waals surface area contributed by atoms with Crippen molar-refractivity contribution in [1.82, 2.24) is 0 Å². The highest BCUT2D eigenvalue weighted by molar-refractivity contribution is 9.10. The maximum atomic E-state index is 12.5. The number of rotatable bonds is 5. The summed E-state index contributed by atoms with van der Waals surface area (Å²) in [4.78, 5) is 11.2. The van der Waals surface area contributed by atoms with Gasteiger partial charge in [0, 0.05) is 17.1 Å². The molecule has 0 unspecified atom stereocenters. The van der Waals surface area contributed by atoms with Crippen molar-refractivity contribution in [3.63, 3.8) is 0 Å². The van der Waals surface area contributed by atoms with Gasteiger partial charge in [0.1, 0.15) is 10.6 Å². The van der Waals surface area contributed by atoms with Crippen molar-refractivity contribution in [2.45, 2.75) is 11.8 Å². The Hall–Kier alpha value is -2.06. The smallest absolute Gasteiger partial charge is 0.263 e. The summed E-state index contributed by atoms with van der Waals surface area (Å²) >= 11 is 3.22. The summed E-state index contributed by atoms with van der Waals surface area (Å²) < 4.78 is 33.2. The molecule has 0 aliphatic heterocycles. The zero-order valence-electron chi connectivity index (χ0n) is 12.5. The van der Waals surface area contributed by atoms with Crippen LogP contribution in [0.1, 0.15) is 6.92 Å². The molecule has 1 amide bonds. The number of benzene rings is 2. The van der Waals surface area contributed by atoms with Crippen molar-refractivity contribution in [3.8, 4) is 5.75 Å². The van der Waals surface area contributed by atoms with E-state index in [-0.39, 0.29) is 16.5 Å². The minimum Gasteiger partial charge on any atom is -0.495 e. The average Bonchev–Trinajstić information content (AvgIpc) is 2.46. The van der Waals surface area contributed by atoms with Crippen LogP contribution in [0.4, 0.5) is 11.4 Å². The van der Waals surface area contributed by atoms with Crippen molar-refractivity contribution >= 4 is 43.2 Å². The molecule has 0 radical (unpaired) electrons. The summed E-state index contributed by atoms with van der Waals surface area (Å²) in [6.07, 6.45) is 0. The first-order valence-electron chi connectivity index (χ1n) is 6.56. The fraction of sp³-hybridized carbons (Fsp3) is 0.133. The Bertz CT molecular complexity index is 837. The molecule has 0 atom stereocenters. The number of sulfonamides is 1. The monoisotopic (exact) mass is 398 g/mol. The third kappa shape index (κ3) is 4.23. The van der Waals surface area contributed by atoms with E-state index in [1.165, 1.54) is 26.2 Å². The number of anilines is 2. The second kappa shape index (κ2) is 7.01. The van der Waals surface area contributed by atoms with Crippen molar-refractivity contribution < 1.29 is 17.9 Å². The molecule has 122 valence electrons. The first-order valence-corrected chi connectivity index (χ1v) is 8.84. The van der Waals surface area contributed by atoms with E-state index in [9.17, 15) is 13.2 Å². The van der Waals surface area contributed by atoms with Gasteiger partial charge in [-0.3, -0.25) is 9.52 Å². The van der Waals surface area contributed by atoms with Crippen LogP contribution in [-0.2, 0) is 14.8 Å². The normalized spacial score (nSPS) is 10.9. The van der Waals surface area contributed by atoms with Crippen LogP contribution in [0, 0.1) is 0 Å². The Labute approximate surface area is 143 Å². The Morgan fingerprint density at radius 3 is 2.48 bits per heavy atom. The molecule has 0 saturated heterocycles. The molecule has 23 heavy (non-hydrogen) atoms. The molecule has 0 heterocycles. The summed E-state index contributed by atoms with van der Waals surface area (Å²) in [7, 11) is -2.38. The van der Waals surface area contributed by atoms with E-state index in [0.717, 1.165) is 0 Å². The number of amides is 1. The van der Waals surface area contributed by atoms with Crippen molar-refractivity contribution in [1.29, 1.82) is 0 Å². The Balaban J connectivity index is 2.41. The lowest BCUT2D eigenvalue weighted by molar-refractivity contribution is -0.114. The second-order valence-corrected chi connectivity index (χ2v) is 7.14. The molecule has 0 spiro atoms. The van der Waals surface area contributed by atoms with Gasteiger partial charge in [0.15, 0.2) is 0 Å². The number of halogens is 1. The average molecular weight is 399 g/mol. The van der Waals surface area contributed by atoms with Crippen LogP contribution in [0.2, 0.25) is 0 Å². The summed E-state index contributed by atoms with van der Waals surface area (Å²) in [6, 6.07) is 11.2. The van der Waals surface area contributed by atoms with Gasteiger partial charge in [0.25, 0.3) is 10.0 Å². The predicted octanol–water partition coefficient (Wildman–Crippen LogP) is 3.22. The number of carbonyl (C=O) groups is 1. The van der Waals surface area contributed by atoms with Gasteiger partial charge in [-0.25, -0.2) is 8.42 Å². The Kier molecular flexibility index (Phi) is 5.27. The highest BCUT2D eigenvalue weighted by Gasteiger charge is 2.19. The molecule has 2 rings (SSSR count). The maximum Gasteiger partial charge on any atom is 0.263 e. The molecule has 0 aromatic heterocycles. The summed E-state index contributed by atoms with van der Waals surface area (Å²) in [6.45, 7) is 1.37. The van der Waals surface area contributed by atoms with Gasteiger partial charge in [-0.15, -0.1) is 0 Å². The maximum absolute atomic E-state index is 12.5. The first kappa shape index (κ1) is 17.3. The molecule has 2 aromatic carbocycles. The molecule has 6 nitrogen and oxygen atoms in total. The predicted molar refractivity (Wildman–Crippen MR) is 92.2 cm³/mol. The third-order valence-electron chi connectivity index (χ3n) is 2.89. The molecule has 0 aliphatic carbocycles. The molecular weight excluding hydrogens is 384 g/mol. The Morgan fingerprint density at radius 2 is 1.87 bits per heavy atom. The van der Waals surface area contributed by atoms with Crippen molar-refractivity contribution in [2.24, 2.45) is 0 Å². The quantitative estimate of drug-likeness (QED) is 0.809. The van der Waals surface area contributed by atoms with Crippen LogP contribution in [0.25, 0.3) is 0 Å². The van der Waals surface area contributed by atoms with Crippen molar-refractivity contribution in [3.05, 3.63) is 46.9 Å². The van der Waals surface area contributed by atoms with E-state index in [1.54, 1.807) is 30.3 Å². The molecular formula is C15H15BrN2O4S. The zero-order chi connectivity index (χ0) is 17.0. The number of methoxy groups -OCH3 is 1. The van der Waals surface area contributed by atoms with E-state index in [0.29, 0.717) is 15.9 Å². The zero-order valence-corrected chi connectivity index (χ0v) is 14.9. The summed E-state index contributed by atoms with van der Waals surface area (Å²) in [5, 5.41) is 2.59. The molecule has 2 N–H and O–H groups in total. The van der Waals surface area contributed by atoms with Gasteiger partial charge in [-0.05, 0) is 46.3 Å². The number of ether oxygens (including phenoxy) is 1. The molecule has 0 aliphatic rings. The Morgan fingerprint density at radius 1 is 1.17 bits per heavy atom. The fourth-order valence-electron chi connectivity index (χ4n) is 1.93. The minimum atomic E-state index is -3.81. The lowest BCUT2D eigenvalue weighted by Crippen LogP contribution is -2.15. The fourth-order valence-corrected chi connectivity index (χ4v) is 4.00. The molecule has 0 saturated carbocycles. The van der Waals surface area contributed by atoms with Gasteiger partial charge in [0.2, 0.25) is 5.91 Å². The van der Waals surface area contributed by atoms with Gasteiger partial charge in [-0.2, -0.15) is 0 Å². The molecule has 8 heteroatoms. The van der Waals surface area contributed by atoms with E-state index in [4.69, 9.17) is 4.74 Å². The highest BCUT2D eigenvalue weighted by Crippen LogP contribution is 2.31. The lowest BCUT2D eigenvalue weighted by Gasteiger charge is -2.14. The van der Waals surface area contributed by atoms with Crippen LogP contribution >= 0.6 is 15.9 Å². The molecule has 2 aromatic rings. The van der Waals surface area contributed by atoms with Crippen LogP contribution in [0.15, 0.2) is 51.8 Å². The van der Waals surface area contributed by atoms with E-state index in [1.807, 2.05) is 0 Å².